The second-order valence-corrected chi connectivity index (χ2v) is 4.60. The van der Waals surface area contributed by atoms with Crippen LogP contribution in [-0.2, 0) is 4.74 Å². The molecule has 0 saturated carbocycles. The normalized spacial score (nSPS) is 10.3. The molecule has 0 aromatic heterocycles. The number of carbonyl (C=O) groups excluding carboxylic acids is 1. The maximum atomic E-state index is 13.8. The van der Waals surface area contributed by atoms with Crippen molar-refractivity contribution in [1.82, 2.24) is 0 Å². The molecule has 0 spiro atoms. The van der Waals surface area contributed by atoms with Gasteiger partial charge in [-0.05, 0) is 29.8 Å². The first kappa shape index (κ1) is 13.8. The highest BCUT2D eigenvalue weighted by molar-refractivity contribution is 6.39. The summed E-state index contributed by atoms with van der Waals surface area (Å²) in [5, 5.41) is 0.829. The number of hydrogen-bond donors (Lipinski definition) is 0. The second-order valence-electron chi connectivity index (χ2n) is 3.78. The van der Waals surface area contributed by atoms with Gasteiger partial charge < -0.3 is 4.74 Å². The summed E-state index contributed by atoms with van der Waals surface area (Å²) in [5.41, 5.74) is 0.899. The summed E-state index contributed by atoms with van der Waals surface area (Å²) < 4.78 is 18.3. The first-order chi connectivity index (χ1) is 9.04. The van der Waals surface area contributed by atoms with Crippen molar-refractivity contribution in [2.75, 3.05) is 7.11 Å². The van der Waals surface area contributed by atoms with E-state index in [4.69, 9.17) is 23.2 Å². The van der Waals surface area contributed by atoms with Gasteiger partial charge in [0.2, 0.25) is 0 Å². The Morgan fingerprint density at radius 1 is 1.16 bits per heavy atom. The van der Waals surface area contributed by atoms with Crippen LogP contribution in [-0.4, -0.2) is 13.1 Å². The lowest BCUT2D eigenvalue weighted by Crippen LogP contribution is -2.04. The smallest absolute Gasteiger partial charge is 0.340 e. The molecule has 98 valence electrons. The van der Waals surface area contributed by atoms with E-state index in [1.807, 2.05) is 0 Å². The summed E-state index contributed by atoms with van der Waals surface area (Å²) in [6, 6.07) is 9.15. The Bertz CT molecular complexity index is 621. The van der Waals surface area contributed by atoms with Crippen LogP contribution in [0, 0.1) is 5.82 Å². The van der Waals surface area contributed by atoms with E-state index in [1.54, 1.807) is 24.3 Å². The van der Waals surface area contributed by atoms with E-state index in [0.29, 0.717) is 21.2 Å². The lowest BCUT2D eigenvalue weighted by molar-refractivity contribution is 0.0595. The van der Waals surface area contributed by atoms with Crippen LogP contribution in [0.4, 0.5) is 4.39 Å². The van der Waals surface area contributed by atoms with E-state index in [0.717, 1.165) is 0 Å². The Morgan fingerprint density at radius 2 is 1.79 bits per heavy atom. The van der Waals surface area contributed by atoms with Crippen LogP contribution in [0.3, 0.4) is 0 Å². The van der Waals surface area contributed by atoms with Crippen molar-refractivity contribution in [2.24, 2.45) is 0 Å². The third-order valence-electron chi connectivity index (χ3n) is 2.63. The molecule has 0 N–H and O–H groups in total. The predicted molar refractivity (Wildman–Crippen MR) is 73.2 cm³/mol. The number of hydrogen-bond acceptors (Lipinski definition) is 2. The van der Waals surface area contributed by atoms with Crippen LogP contribution in [0.2, 0.25) is 10.0 Å². The summed E-state index contributed by atoms with van der Waals surface area (Å²) in [5.74, 6) is -1.41. The minimum atomic E-state index is -0.727. The molecule has 2 aromatic rings. The zero-order valence-corrected chi connectivity index (χ0v) is 11.4. The van der Waals surface area contributed by atoms with Crippen molar-refractivity contribution in [3.8, 4) is 11.1 Å². The van der Waals surface area contributed by atoms with Crippen molar-refractivity contribution < 1.29 is 13.9 Å². The molecule has 0 saturated heterocycles. The van der Waals surface area contributed by atoms with Gasteiger partial charge in [0, 0.05) is 15.6 Å². The number of rotatable bonds is 2. The predicted octanol–water partition coefficient (Wildman–Crippen LogP) is 4.59. The molecule has 0 atom stereocenters. The third-order valence-corrected chi connectivity index (χ3v) is 3.26. The van der Waals surface area contributed by atoms with Crippen molar-refractivity contribution in [3.63, 3.8) is 0 Å². The molecule has 2 aromatic carbocycles. The Hall–Kier alpha value is -1.58. The highest BCUT2D eigenvalue weighted by Gasteiger charge is 2.15. The summed E-state index contributed by atoms with van der Waals surface area (Å²) in [6.07, 6.45) is 0. The first-order valence-electron chi connectivity index (χ1n) is 5.37. The van der Waals surface area contributed by atoms with Gasteiger partial charge in [-0.3, -0.25) is 0 Å². The number of carbonyl (C=O) groups is 1. The molecule has 0 aliphatic heterocycles. The van der Waals surface area contributed by atoms with E-state index in [-0.39, 0.29) is 5.56 Å². The molecule has 5 heteroatoms. The molecule has 0 bridgehead atoms. The van der Waals surface area contributed by atoms with E-state index in [9.17, 15) is 9.18 Å². The average molecular weight is 299 g/mol. The maximum Gasteiger partial charge on any atom is 0.340 e. The van der Waals surface area contributed by atoms with Gasteiger partial charge in [0.25, 0.3) is 0 Å². The van der Waals surface area contributed by atoms with Crippen LogP contribution in [0.5, 0.6) is 0 Å². The molecule has 0 amide bonds. The Kier molecular flexibility index (Phi) is 4.08. The van der Waals surface area contributed by atoms with E-state index in [2.05, 4.69) is 4.74 Å². The van der Waals surface area contributed by atoms with Crippen LogP contribution in [0.15, 0.2) is 36.4 Å². The highest BCUT2D eigenvalue weighted by atomic mass is 35.5. The van der Waals surface area contributed by atoms with Crippen LogP contribution < -0.4 is 0 Å². The van der Waals surface area contributed by atoms with E-state index in [1.165, 1.54) is 19.2 Å². The summed E-state index contributed by atoms with van der Waals surface area (Å²) in [7, 11) is 1.20. The largest absolute Gasteiger partial charge is 0.465 e. The monoisotopic (exact) mass is 298 g/mol. The molecule has 19 heavy (non-hydrogen) atoms. The Labute approximate surface area is 119 Å². The third kappa shape index (κ3) is 2.72. The van der Waals surface area contributed by atoms with Crippen molar-refractivity contribution in [2.45, 2.75) is 0 Å². The fraction of sp³-hybridized carbons (Fsp3) is 0.0714. The Morgan fingerprint density at radius 3 is 2.32 bits per heavy atom. The second kappa shape index (κ2) is 5.59. The van der Waals surface area contributed by atoms with Crippen molar-refractivity contribution >= 4 is 29.2 Å². The van der Waals surface area contributed by atoms with Gasteiger partial charge in [0.1, 0.15) is 5.82 Å². The number of halogens is 3. The number of methoxy groups -OCH3 is 1. The standard InChI is InChI=1S/C14H9Cl2FO2/c1-19-14(18)9-6-5-8(7-12(9)17)13-10(15)3-2-4-11(13)16/h2-7H,1H3. The number of esters is 1. The Balaban J connectivity index is 2.54. The van der Waals surface area contributed by atoms with Crippen molar-refractivity contribution in [1.29, 1.82) is 0 Å². The van der Waals surface area contributed by atoms with E-state index >= 15 is 0 Å². The number of ether oxygens (including phenoxy) is 1. The molecule has 0 heterocycles. The molecular formula is C14H9Cl2FO2. The molecule has 2 rings (SSSR count). The number of benzene rings is 2. The molecule has 0 aliphatic carbocycles. The van der Waals surface area contributed by atoms with Gasteiger partial charge in [-0.1, -0.05) is 35.3 Å². The molecule has 0 fully saturated rings. The van der Waals surface area contributed by atoms with E-state index < -0.39 is 11.8 Å². The average Bonchev–Trinajstić information content (AvgIpc) is 2.38. The van der Waals surface area contributed by atoms with Gasteiger partial charge in [0.05, 0.1) is 12.7 Å². The topological polar surface area (TPSA) is 26.3 Å². The van der Waals surface area contributed by atoms with Gasteiger partial charge in [0.15, 0.2) is 0 Å². The zero-order valence-electron chi connectivity index (χ0n) is 9.91. The molecule has 0 unspecified atom stereocenters. The summed E-state index contributed by atoms with van der Waals surface area (Å²) in [6.45, 7) is 0. The van der Waals surface area contributed by atoms with Crippen molar-refractivity contribution in [3.05, 3.63) is 57.8 Å². The SMILES string of the molecule is COC(=O)c1ccc(-c2c(Cl)cccc2Cl)cc1F. The van der Waals surface area contributed by atoms with Gasteiger partial charge in [-0.2, -0.15) is 0 Å². The summed E-state index contributed by atoms with van der Waals surface area (Å²) >= 11 is 12.1. The molecular weight excluding hydrogens is 290 g/mol. The van der Waals surface area contributed by atoms with Gasteiger partial charge >= 0.3 is 5.97 Å². The van der Waals surface area contributed by atoms with Crippen LogP contribution in [0.1, 0.15) is 10.4 Å². The first-order valence-corrected chi connectivity index (χ1v) is 6.12. The highest BCUT2D eigenvalue weighted by Crippen LogP contribution is 2.35. The quantitative estimate of drug-likeness (QED) is 0.758. The molecule has 0 aliphatic rings. The van der Waals surface area contributed by atoms with Crippen LogP contribution >= 0.6 is 23.2 Å². The molecule has 0 radical (unpaired) electrons. The van der Waals surface area contributed by atoms with Crippen LogP contribution in [0.25, 0.3) is 11.1 Å². The molecule has 2 nitrogen and oxygen atoms in total. The van der Waals surface area contributed by atoms with Gasteiger partial charge in [-0.15, -0.1) is 0 Å². The lowest BCUT2D eigenvalue weighted by Gasteiger charge is -2.08. The maximum absolute atomic E-state index is 13.8. The minimum Gasteiger partial charge on any atom is -0.465 e. The minimum absolute atomic E-state index is 0.130. The fourth-order valence-electron chi connectivity index (χ4n) is 1.72. The summed E-state index contributed by atoms with van der Waals surface area (Å²) in [4.78, 5) is 11.3. The lowest BCUT2D eigenvalue weighted by atomic mass is 10.0. The van der Waals surface area contributed by atoms with Gasteiger partial charge in [-0.25, -0.2) is 9.18 Å². The fourth-order valence-corrected chi connectivity index (χ4v) is 2.34. The zero-order chi connectivity index (χ0) is 14.0.